The number of rotatable bonds is 10. The molecule has 34 heavy (non-hydrogen) atoms. The predicted octanol–water partition coefficient (Wildman–Crippen LogP) is 3.48. The van der Waals surface area contributed by atoms with Gasteiger partial charge in [-0.15, -0.1) is 11.8 Å². The minimum absolute atomic E-state index is 0.140. The van der Waals surface area contributed by atoms with Crippen LogP contribution in [0.2, 0.25) is 0 Å². The lowest BCUT2D eigenvalue weighted by molar-refractivity contribution is -0.137. The Morgan fingerprint density at radius 3 is 2.79 bits per heavy atom. The van der Waals surface area contributed by atoms with Gasteiger partial charge in [-0.1, -0.05) is 12.5 Å². The molecule has 186 valence electrons. The largest absolute Gasteiger partial charge is 0.416 e. The number of thioether (sulfide) groups is 1. The lowest BCUT2D eigenvalue weighted by atomic mass is 10.1. The van der Waals surface area contributed by atoms with Gasteiger partial charge in [0.1, 0.15) is 17.5 Å². The van der Waals surface area contributed by atoms with Crippen molar-refractivity contribution in [2.24, 2.45) is 0 Å². The number of aliphatic hydroxyl groups is 1. The second kappa shape index (κ2) is 11.7. The van der Waals surface area contributed by atoms with Crippen LogP contribution in [0.1, 0.15) is 37.5 Å². The zero-order valence-electron chi connectivity index (χ0n) is 18.6. The summed E-state index contributed by atoms with van der Waals surface area (Å²) >= 11 is 1.41. The van der Waals surface area contributed by atoms with Crippen LogP contribution >= 0.6 is 11.8 Å². The molecular formula is C22H27F3N4O4S. The highest BCUT2D eigenvalue weighted by Crippen LogP contribution is 2.32. The first-order chi connectivity index (χ1) is 16.2. The van der Waals surface area contributed by atoms with Gasteiger partial charge in [0, 0.05) is 37.7 Å². The standard InChI is InChI=1S/C22H27F3N4O4S/c1-28(16-7-5-6-15(12-16)22(23,24)25)10-4-2-3-8-18(31)26-17-9-11-29(21(32)27-17)19-14-34-20(13-30)33-19/h5-7,9,11-12,19-20,30H,2-4,8,10,13-14H2,1H3,(H,26,27,31,32). The quantitative estimate of drug-likeness (QED) is 0.482. The molecule has 1 aliphatic heterocycles. The molecule has 2 aromatic rings. The van der Waals surface area contributed by atoms with Crippen LogP contribution in [-0.4, -0.2) is 52.0 Å². The zero-order valence-corrected chi connectivity index (χ0v) is 19.4. The van der Waals surface area contributed by atoms with Crippen LogP contribution in [-0.2, 0) is 15.7 Å². The molecule has 3 rings (SSSR count). The van der Waals surface area contributed by atoms with E-state index < -0.39 is 23.7 Å². The molecule has 8 nitrogen and oxygen atoms in total. The maximum Gasteiger partial charge on any atom is 0.416 e. The van der Waals surface area contributed by atoms with Crippen LogP contribution < -0.4 is 15.9 Å². The van der Waals surface area contributed by atoms with E-state index in [0.29, 0.717) is 37.2 Å². The van der Waals surface area contributed by atoms with Gasteiger partial charge in [-0.2, -0.15) is 18.2 Å². The molecule has 12 heteroatoms. The van der Waals surface area contributed by atoms with E-state index in [-0.39, 0.29) is 30.2 Å². The highest BCUT2D eigenvalue weighted by atomic mass is 32.2. The van der Waals surface area contributed by atoms with Crippen molar-refractivity contribution >= 4 is 29.2 Å². The number of ether oxygens (including phenoxy) is 1. The van der Waals surface area contributed by atoms with Gasteiger partial charge >= 0.3 is 11.9 Å². The number of nitrogens with one attached hydrogen (secondary N) is 1. The minimum Gasteiger partial charge on any atom is -0.393 e. The van der Waals surface area contributed by atoms with Crippen molar-refractivity contribution in [2.45, 2.75) is 43.5 Å². The van der Waals surface area contributed by atoms with Crippen molar-refractivity contribution in [3.63, 3.8) is 0 Å². The van der Waals surface area contributed by atoms with Crippen molar-refractivity contribution < 1.29 is 27.8 Å². The number of halogens is 3. The monoisotopic (exact) mass is 500 g/mol. The molecule has 2 heterocycles. The Hall–Kier alpha value is -2.57. The van der Waals surface area contributed by atoms with Gasteiger partial charge in [0.2, 0.25) is 5.91 Å². The maximum absolute atomic E-state index is 12.9. The van der Waals surface area contributed by atoms with E-state index in [9.17, 15) is 22.8 Å². The van der Waals surface area contributed by atoms with E-state index in [1.165, 1.54) is 34.7 Å². The summed E-state index contributed by atoms with van der Waals surface area (Å²) in [4.78, 5) is 30.0. The Balaban J connectivity index is 1.39. The third kappa shape index (κ3) is 7.21. The second-order valence-electron chi connectivity index (χ2n) is 7.87. The van der Waals surface area contributed by atoms with Crippen LogP contribution in [0.4, 0.5) is 24.7 Å². The second-order valence-corrected chi connectivity index (χ2v) is 9.06. The van der Waals surface area contributed by atoms with Crippen LogP contribution in [0, 0.1) is 0 Å². The van der Waals surface area contributed by atoms with Crippen molar-refractivity contribution in [1.29, 1.82) is 0 Å². The summed E-state index contributed by atoms with van der Waals surface area (Å²) in [7, 11) is 1.73. The Bertz CT molecular complexity index is 1030. The van der Waals surface area contributed by atoms with Crippen molar-refractivity contribution in [3.05, 3.63) is 52.6 Å². The molecule has 2 unspecified atom stereocenters. The van der Waals surface area contributed by atoms with E-state index in [1.54, 1.807) is 18.0 Å². The number of benzene rings is 1. The lowest BCUT2D eigenvalue weighted by Gasteiger charge is -2.20. The summed E-state index contributed by atoms with van der Waals surface area (Å²) < 4.78 is 45.4. The molecule has 1 aromatic carbocycles. The number of carbonyl (C=O) groups is 1. The Kier molecular flexibility index (Phi) is 8.97. The van der Waals surface area contributed by atoms with Crippen LogP contribution in [0.5, 0.6) is 0 Å². The summed E-state index contributed by atoms with van der Waals surface area (Å²) in [5.41, 5.74) is -1.12. The average molecular weight is 501 g/mol. The van der Waals surface area contributed by atoms with Crippen LogP contribution in [0.3, 0.4) is 0 Å². The molecule has 1 aliphatic rings. The van der Waals surface area contributed by atoms with E-state index in [2.05, 4.69) is 10.3 Å². The number of unbranched alkanes of at least 4 members (excludes halogenated alkanes) is 2. The molecule has 2 N–H and O–H groups in total. The molecule has 1 amide bonds. The highest BCUT2D eigenvalue weighted by molar-refractivity contribution is 8.00. The van der Waals surface area contributed by atoms with Gasteiger partial charge in [0.15, 0.2) is 0 Å². The average Bonchev–Trinajstić information content (AvgIpc) is 3.27. The molecule has 0 saturated carbocycles. The zero-order chi connectivity index (χ0) is 24.7. The van der Waals surface area contributed by atoms with Crippen molar-refractivity contribution in [3.8, 4) is 0 Å². The van der Waals surface area contributed by atoms with Gasteiger partial charge in [-0.25, -0.2) is 4.79 Å². The number of anilines is 2. The Morgan fingerprint density at radius 1 is 1.32 bits per heavy atom. The number of hydrogen-bond acceptors (Lipinski definition) is 7. The summed E-state index contributed by atoms with van der Waals surface area (Å²) in [6.45, 7) is 0.417. The van der Waals surface area contributed by atoms with Crippen molar-refractivity contribution in [1.82, 2.24) is 9.55 Å². The molecule has 2 atom stereocenters. The molecule has 0 spiro atoms. The lowest BCUT2D eigenvalue weighted by Crippen LogP contribution is -2.29. The first kappa shape index (κ1) is 26.0. The third-order valence-electron chi connectivity index (χ3n) is 5.30. The number of aliphatic hydroxyl groups excluding tert-OH is 1. The van der Waals surface area contributed by atoms with Gasteiger partial charge in [0.05, 0.1) is 12.2 Å². The molecule has 0 radical (unpaired) electrons. The predicted molar refractivity (Wildman–Crippen MR) is 124 cm³/mol. The van der Waals surface area contributed by atoms with Gasteiger partial charge < -0.3 is 20.1 Å². The fourth-order valence-corrected chi connectivity index (χ4v) is 4.38. The minimum atomic E-state index is -4.38. The van der Waals surface area contributed by atoms with E-state index in [1.807, 2.05) is 0 Å². The molecule has 1 aromatic heterocycles. The topological polar surface area (TPSA) is 96.7 Å². The Morgan fingerprint density at radius 2 is 2.12 bits per heavy atom. The highest BCUT2D eigenvalue weighted by Gasteiger charge is 2.30. The number of alkyl halides is 3. The summed E-state index contributed by atoms with van der Waals surface area (Å²) in [6.07, 6.45) is -1.14. The fraction of sp³-hybridized carbons (Fsp3) is 0.500. The first-order valence-electron chi connectivity index (χ1n) is 10.8. The molecule has 0 bridgehead atoms. The van der Waals surface area contributed by atoms with Crippen molar-refractivity contribution in [2.75, 3.05) is 36.2 Å². The molecule has 0 aliphatic carbocycles. The Labute approximate surface area is 199 Å². The number of amides is 1. The maximum atomic E-state index is 12.9. The number of aromatic nitrogens is 2. The SMILES string of the molecule is CN(CCCCCC(=O)Nc1ccn(C2CSC(CO)O2)c(=O)n1)c1cccc(C(F)(F)F)c1. The number of carbonyl (C=O) groups excluding carboxylic acids is 1. The fourth-order valence-electron chi connectivity index (χ4n) is 3.45. The normalized spacial score (nSPS) is 18.1. The first-order valence-corrected chi connectivity index (χ1v) is 11.9. The molecular weight excluding hydrogens is 473 g/mol. The van der Waals surface area contributed by atoms with E-state index in [4.69, 9.17) is 9.84 Å². The van der Waals surface area contributed by atoms with Crippen LogP contribution in [0.25, 0.3) is 0 Å². The van der Waals surface area contributed by atoms with E-state index >= 15 is 0 Å². The van der Waals surface area contributed by atoms with Gasteiger partial charge in [-0.3, -0.25) is 9.36 Å². The van der Waals surface area contributed by atoms with Gasteiger partial charge in [-0.05, 0) is 37.1 Å². The smallest absolute Gasteiger partial charge is 0.393 e. The summed E-state index contributed by atoms with van der Waals surface area (Å²) in [6, 6.07) is 6.70. The summed E-state index contributed by atoms with van der Waals surface area (Å²) in [5.74, 6) is 0.394. The number of hydrogen-bond donors (Lipinski definition) is 2. The van der Waals surface area contributed by atoms with Gasteiger partial charge in [0.25, 0.3) is 0 Å². The molecule has 1 saturated heterocycles. The number of nitrogens with zero attached hydrogens (tertiary/aromatic N) is 3. The van der Waals surface area contributed by atoms with Crippen LogP contribution in [0.15, 0.2) is 41.3 Å². The molecule has 1 fully saturated rings. The summed E-state index contributed by atoms with van der Waals surface area (Å²) in [5, 5.41) is 11.7. The third-order valence-corrected chi connectivity index (χ3v) is 6.41. The van der Waals surface area contributed by atoms with E-state index in [0.717, 1.165) is 12.1 Å².